The molecule has 3 aromatic rings. The molecule has 0 radical (unpaired) electrons. The topological polar surface area (TPSA) is 93.9 Å². The Morgan fingerprint density at radius 1 is 1.18 bits per heavy atom. The Kier molecular flexibility index (Phi) is 8.08. The molecule has 2 fully saturated rings. The van der Waals surface area contributed by atoms with Crippen molar-refractivity contribution < 1.29 is 37.3 Å². The fourth-order valence-corrected chi connectivity index (χ4v) is 5.05. The maximum atomic E-state index is 13.2. The lowest BCUT2D eigenvalue weighted by Crippen LogP contribution is -2.66. The van der Waals surface area contributed by atoms with Gasteiger partial charge in [0.05, 0.1) is 31.0 Å². The highest BCUT2D eigenvalue weighted by Gasteiger charge is 2.54. The maximum Gasteiger partial charge on any atom is 0.490 e. The number of carbonyl (C=O) groups is 2. The van der Waals surface area contributed by atoms with Crippen molar-refractivity contribution in [3.05, 3.63) is 65.6 Å². The number of rotatable bonds is 6. The number of para-hydroxylation sites is 1. The minimum Gasteiger partial charge on any atom is -0.475 e. The van der Waals surface area contributed by atoms with Crippen LogP contribution in [0.15, 0.2) is 48.7 Å². The van der Waals surface area contributed by atoms with E-state index in [4.69, 9.17) is 19.4 Å². The molecule has 1 unspecified atom stereocenters. The van der Waals surface area contributed by atoms with Crippen molar-refractivity contribution in [3.8, 4) is 0 Å². The summed E-state index contributed by atoms with van der Waals surface area (Å²) in [6, 6.07) is 14.1. The average molecular weight is 534 g/mol. The third-order valence-electron chi connectivity index (χ3n) is 6.98. The molecule has 4 heterocycles. The summed E-state index contributed by atoms with van der Waals surface area (Å²) < 4.78 is 45.8. The number of nitrogens with zero attached hydrogens (tertiary/aromatic N) is 3. The molecule has 1 N–H and O–H groups in total. The number of carboxylic acid groups (broad SMARTS) is 1. The zero-order valence-electron chi connectivity index (χ0n) is 21.2. The van der Waals surface area contributed by atoms with Crippen molar-refractivity contribution in [2.24, 2.45) is 13.0 Å². The standard InChI is InChI=1S/C25H29N3O3.C2HF3O2/c1-18-6-5-7-20(26-18)15-30-12-10-19-11-13-31-25(19)16-28(17-25)24(29)22-14-27(2)23-9-4-3-8-21(22)23;3-2(4,5)1(6)7/h3-9,14,19H,10-13,15-17H2,1-2H3;(H,6,7). The zero-order chi connectivity index (χ0) is 27.5. The third kappa shape index (κ3) is 5.99. The smallest absolute Gasteiger partial charge is 0.475 e. The van der Waals surface area contributed by atoms with Crippen molar-refractivity contribution in [2.45, 2.75) is 38.1 Å². The molecule has 204 valence electrons. The third-order valence-corrected chi connectivity index (χ3v) is 6.98. The highest BCUT2D eigenvalue weighted by Crippen LogP contribution is 2.42. The minimum absolute atomic E-state index is 0.0958. The van der Waals surface area contributed by atoms with Crippen molar-refractivity contribution in [3.63, 3.8) is 0 Å². The number of aromatic nitrogens is 2. The van der Waals surface area contributed by atoms with Gasteiger partial charge < -0.3 is 24.0 Å². The first-order valence-electron chi connectivity index (χ1n) is 12.3. The second-order valence-electron chi connectivity index (χ2n) is 9.65. The van der Waals surface area contributed by atoms with E-state index < -0.39 is 12.1 Å². The summed E-state index contributed by atoms with van der Waals surface area (Å²) in [6.07, 6.45) is -1.16. The first-order valence-corrected chi connectivity index (χ1v) is 12.3. The Morgan fingerprint density at radius 3 is 2.58 bits per heavy atom. The number of carbonyl (C=O) groups excluding carboxylic acids is 1. The summed E-state index contributed by atoms with van der Waals surface area (Å²) >= 11 is 0. The molecule has 0 saturated carbocycles. The van der Waals surface area contributed by atoms with Crippen LogP contribution in [0.1, 0.15) is 34.6 Å². The molecule has 1 atom stereocenters. The van der Waals surface area contributed by atoms with Crippen LogP contribution in [0.25, 0.3) is 10.9 Å². The van der Waals surface area contributed by atoms with Crippen LogP contribution in [0.5, 0.6) is 0 Å². The van der Waals surface area contributed by atoms with Gasteiger partial charge in [-0.3, -0.25) is 9.78 Å². The highest BCUT2D eigenvalue weighted by atomic mass is 19.4. The number of carboxylic acids is 1. The van der Waals surface area contributed by atoms with Gasteiger partial charge in [-0.05, 0) is 43.9 Å². The molecule has 0 bridgehead atoms. The molecule has 2 aliphatic rings. The maximum absolute atomic E-state index is 13.2. The molecule has 0 aliphatic carbocycles. The van der Waals surface area contributed by atoms with E-state index in [-0.39, 0.29) is 11.5 Å². The van der Waals surface area contributed by atoms with Crippen LogP contribution in [-0.4, -0.2) is 69.5 Å². The van der Waals surface area contributed by atoms with Gasteiger partial charge in [0.15, 0.2) is 0 Å². The number of pyridine rings is 1. The lowest BCUT2D eigenvalue weighted by Gasteiger charge is -2.50. The van der Waals surface area contributed by atoms with Crippen LogP contribution in [0.2, 0.25) is 0 Å². The molecular weight excluding hydrogens is 503 g/mol. The first-order chi connectivity index (χ1) is 18.0. The molecule has 2 aliphatic heterocycles. The quantitative estimate of drug-likeness (QED) is 0.474. The average Bonchev–Trinajstić information content (AvgIpc) is 3.42. The molecular formula is C27H30F3N3O5. The Balaban J connectivity index is 0.000000426. The summed E-state index contributed by atoms with van der Waals surface area (Å²) in [7, 11) is 1.99. The van der Waals surface area contributed by atoms with Crippen LogP contribution >= 0.6 is 0 Å². The Morgan fingerprint density at radius 2 is 1.89 bits per heavy atom. The highest BCUT2D eigenvalue weighted by molar-refractivity contribution is 6.07. The fraction of sp³-hybridized carbons (Fsp3) is 0.444. The summed E-state index contributed by atoms with van der Waals surface area (Å²) in [5.41, 5.74) is 3.63. The van der Waals surface area contributed by atoms with E-state index in [9.17, 15) is 18.0 Å². The molecule has 1 aromatic carbocycles. The SMILES string of the molecule is Cc1cccc(COCCC2CCOC23CN(C(=O)c2cn(C)c4ccccc24)C3)n1.O=C(O)C(F)(F)F. The van der Waals surface area contributed by atoms with E-state index in [0.717, 1.165) is 47.3 Å². The largest absolute Gasteiger partial charge is 0.490 e. The lowest BCUT2D eigenvalue weighted by molar-refractivity contribution is -0.192. The lowest BCUT2D eigenvalue weighted by atomic mass is 9.79. The molecule has 1 spiro atoms. The molecule has 8 nitrogen and oxygen atoms in total. The molecule has 2 saturated heterocycles. The van der Waals surface area contributed by atoms with E-state index in [0.29, 0.717) is 32.2 Å². The van der Waals surface area contributed by atoms with Gasteiger partial charge >= 0.3 is 12.1 Å². The van der Waals surface area contributed by atoms with Crippen molar-refractivity contribution in [2.75, 3.05) is 26.3 Å². The van der Waals surface area contributed by atoms with Gasteiger partial charge in [-0.15, -0.1) is 0 Å². The molecule has 2 aromatic heterocycles. The second-order valence-corrected chi connectivity index (χ2v) is 9.65. The minimum atomic E-state index is -5.08. The van der Waals surface area contributed by atoms with Crippen LogP contribution in [0.3, 0.4) is 0 Å². The van der Waals surface area contributed by atoms with Crippen LogP contribution in [0, 0.1) is 12.8 Å². The van der Waals surface area contributed by atoms with Gasteiger partial charge in [0.2, 0.25) is 0 Å². The van der Waals surface area contributed by atoms with Crippen LogP contribution in [-0.2, 0) is 27.9 Å². The predicted molar refractivity (Wildman–Crippen MR) is 133 cm³/mol. The van der Waals surface area contributed by atoms with Gasteiger partial charge in [0.1, 0.15) is 5.60 Å². The number of hydrogen-bond acceptors (Lipinski definition) is 5. The summed E-state index contributed by atoms with van der Waals surface area (Å²) in [6.45, 7) is 5.31. The van der Waals surface area contributed by atoms with Gasteiger partial charge in [-0.1, -0.05) is 24.3 Å². The number of halogens is 3. The zero-order valence-corrected chi connectivity index (χ0v) is 21.2. The van der Waals surface area contributed by atoms with Crippen molar-refractivity contribution >= 4 is 22.8 Å². The Bertz CT molecular complexity index is 1300. The molecule has 11 heteroatoms. The van der Waals surface area contributed by atoms with Crippen molar-refractivity contribution in [1.82, 2.24) is 14.5 Å². The van der Waals surface area contributed by atoms with E-state index in [1.807, 2.05) is 72.1 Å². The number of ether oxygens (including phenoxy) is 2. The normalized spacial score (nSPS) is 18.2. The van der Waals surface area contributed by atoms with Gasteiger partial charge in [0.25, 0.3) is 5.91 Å². The molecule has 1 amide bonds. The van der Waals surface area contributed by atoms with Gasteiger partial charge in [-0.25, -0.2) is 4.79 Å². The number of aliphatic carboxylic acids is 1. The van der Waals surface area contributed by atoms with E-state index >= 15 is 0 Å². The first kappa shape index (κ1) is 27.6. The van der Waals surface area contributed by atoms with Gasteiger partial charge in [0, 0.05) is 43.1 Å². The predicted octanol–water partition coefficient (Wildman–Crippen LogP) is 4.35. The summed E-state index contributed by atoms with van der Waals surface area (Å²) in [4.78, 5) is 28.5. The number of amides is 1. The summed E-state index contributed by atoms with van der Waals surface area (Å²) in [5.74, 6) is -2.24. The number of aryl methyl sites for hydroxylation is 2. The number of likely N-dealkylation sites (tertiary alicyclic amines) is 1. The molecule has 5 rings (SSSR count). The number of benzene rings is 1. The van der Waals surface area contributed by atoms with Gasteiger partial charge in [-0.2, -0.15) is 13.2 Å². The number of hydrogen-bond donors (Lipinski definition) is 1. The van der Waals surface area contributed by atoms with E-state index in [1.165, 1.54) is 0 Å². The number of alkyl halides is 3. The van der Waals surface area contributed by atoms with E-state index in [1.54, 1.807) is 0 Å². The van der Waals surface area contributed by atoms with Crippen LogP contribution in [0.4, 0.5) is 13.2 Å². The fourth-order valence-electron chi connectivity index (χ4n) is 5.05. The van der Waals surface area contributed by atoms with Crippen molar-refractivity contribution in [1.29, 1.82) is 0 Å². The van der Waals surface area contributed by atoms with Crippen LogP contribution < -0.4 is 0 Å². The number of fused-ring (bicyclic) bond motifs is 1. The monoisotopic (exact) mass is 533 g/mol. The second kappa shape index (κ2) is 11.1. The van der Waals surface area contributed by atoms with E-state index in [2.05, 4.69) is 4.98 Å². The molecule has 38 heavy (non-hydrogen) atoms. The summed E-state index contributed by atoms with van der Waals surface area (Å²) in [5, 5.41) is 8.14. The Labute approximate surface area is 218 Å². The Hall–Kier alpha value is -3.44.